The maximum Gasteiger partial charge on any atom is 0.303 e. The molecule has 280 valence electrons. The van der Waals surface area contributed by atoms with Gasteiger partial charge in [-0.05, 0) is 77.3 Å². The second-order valence-corrected chi connectivity index (χ2v) is 14.7. The van der Waals surface area contributed by atoms with Gasteiger partial charge in [-0.1, -0.05) is 96.9 Å². The van der Waals surface area contributed by atoms with E-state index in [0.717, 1.165) is 58.5 Å². The Labute approximate surface area is 316 Å². The Bertz CT molecular complexity index is 1790. The van der Waals surface area contributed by atoms with Gasteiger partial charge in [-0.2, -0.15) is 0 Å². The summed E-state index contributed by atoms with van der Waals surface area (Å²) in [6.45, 7) is 2.61. The number of carboxylic acids is 1. The molecule has 0 bridgehead atoms. The van der Waals surface area contributed by atoms with E-state index in [-0.39, 0.29) is 31.1 Å². The van der Waals surface area contributed by atoms with Gasteiger partial charge in [-0.25, -0.2) is 0 Å². The topological polar surface area (TPSA) is 129 Å². The number of unbranched alkanes of at least 4 members (excludes halogenated alkanes) is 2. The van der Waals surface area contributed by atoms with Gasteiger partial charge in [0.25, 0.3) is 0 Å². The molecule has 0 radical (unpaired) electrons. The van der Waals surface area contributed by atoms with Crippen molar-refractivity contribution in [2.24, 2.45) is 0 Å². The minimum absolute atomic E-state index is 0.0149. The summed E-state index contributed by atoms with van der Waals surface area (Å²) in [5.74, 6) is -0.845. The average molecular weight is 741 g/mol. The van der Waals surface area contributed by atoms with Crippen LogP contribution >= 0.6 is 11.6 Å². The number of benzene rings is 4. The fraction of sp³-hybridized carbons (Fsp3) is 0.395. The molecule has 0 spiro atoms. The maximum absolute atomic E-state index is 12.3. The van der Waals surface area contributed by atoms with Gasteiger partial charge in [-0.15, -0.1) is 0 Å². The Balaban J connectivity index is 1.09. The van der Waals surface area contributed by atoms with E-state index in [1.165, 1.54) is 0 Å². The molecule has 0 unspecified atom stereocenters. The first-order valence-electron chi connectivity index (χ1n) is 18.6. The zero-order chi connectivity index (χ0) is 37.2. The summed E-state index contributed by atoms with van der Waals surface area (Å²) in [5, 5.41) is 33.4. The standard InChI is InChI=1S/C43H49ClN2O7/c44-37-19-17-36(18-20-37)43(51)21-23-46(24-22-43)28-38-26-39(33-11-9-30(29-47)10-12-33)53-42(52-38)34-15-13-32(14-16-34)35-6-4-5-31(25-35)27-45-40(48)7-2-1-3-8-41(49)50/h4-6,9-20,25,38-39,42,47,51H,1-3,7-8,21-24,26-29H2,(H,45,48)(H,49,50)/t38-,39+,42+/m0/s1. The van der Waals surface area contributed by atoms with E-state index >= 15 is 0 Å². The number of likely N-dealkylation sites (tertiary alicyclic amines) is 1. The lowest BCUT2D eigenvalue weighted by Gasteiger charge is -2.42. The number of aliphatic hydroxyl groups excluding tert-OH is 1. The first kappa shape index (κ1) is 38.6. The normalized spacial score (nSPS) is 20.2. The van der Waals surface area contributed by atoms with Gasteiger partial charge in [0.15, 0.2) is 6.29 Å². The highest BCUT2D eigenvalue weighted by Gasteiger charge is 2.37. The Morgan fingerprint density at radius 2 is 1.51 bits per heavy atom. The monoisotopic (exact) mass is 740 g/mol. The predicted octanol–water partition coefficient (Wildman–Crippen LogP) is 7.68. The van der Waals surface area contributed by atoms with Gasteiger partial charge in [0.1, 0.15) is 0 Å². The van der Waals surface area contributed by atoms with E-state index in [9.17, 15) is 19.8 Å². The Hall–Kier alpha value is -4.09. The second kappa shape index (κ2) is 18.3. The Morgan fingerprint density at radius 3 is 2.21 bits per heavy atom. The number of aliphatic carboxylic acids is 1. The van der Waals surface area contributed by atoms with Crippen LogP contribution < -0.4 is 5.32 Å². The number of carbonyl (C=O) groups is 2. The number of halogens is 1. The molecule has 2 heterocycles. The number of rotatable bonds is 15. The molecule has 0 aromatic heterocycles. The highest BCUT2D eigenvalue weighted by Crippen LogP contribution is 2.40. The molecule has 3 atom stereocenters. The lowest BCUT2D eigenvalue weighted by atomic mass is 9.84. The SMILES string of the molecule is O=C(O)CCCCCC(=O)NCc1cccc(-c2ccc([C@@H]3O[C@H](CN4CCC(O)(c5ccc(Cl)cc5)CC4)C[C@H](c4ccc(CO)cc4)O3)cc2)c1. The van der Waals surface area contributed by atoms with E-state index in [1.54, 1.807) is 0 Å². The van der Waals surface area contributed by atoms with Gasteiger partial charge in [-0.3, -0.25) is 9.59 Å². The van der Waals surface area contributed by atoms with Gasteiger partial charge in [0, 0.05) is 56.0 Å². The predicted molar refractivity (Wildman–Crippen MR) is 204 cm³/mol. The summed E-state index contributed by atoms with van der Waals surface area (Å²) >= 11 is 6.09. The summed E-state index contributed by atoms with van der Waals surface area (Å²) in [6, 6.07) is 31.7. The number of aliphatic hydroxyl groups is 2. The van der Waals surface area contributed by atoms with Crippen LogP contribution in [-0.2, 0) is 37.8 Å². The summed E-state index contributed by atoms with van der Waals surface area (Å²) in [4.78, 5) is 25.4. The van der Waals surface area contributed by atoms with Crippen molar-refractivity contribution in [2.45, 2.75) is 88.6 Å². The highest BCUT2D eigenvalue weighted by atomic mass is 35.5. The Morgan fingerprint density at radius 1 is 0.811 bits per heavy atom. The second-order valence-electron chi connectivity index (χ2n) is 14.2. The summed E-state index contributed by atoms with van der Waals surface area (Å²) < 4.78 is 13.2. The number of carboxylic acid groups (broad SMARTS) is 1. The summed E-state index contributed by atoms with van der Waals surface area (Å²) in [5.41, 5.74) is 5.88. The van der Waals surface area contributed by atoms with E-state index in [4.69, 9.17) is 26.2 Å². The first-order chi connectivity index (χ1) is 25.7. The van der Waals surface area contributed by atoms with Crippen LogP contribution in [0.4, 0.5) is 0 Å². The van der Waals surface area contributed by atoms with Gasteiger partial charge >= 0.3 is 5.97 Å². The molecule has 4 aromatic carbocycles. The smallest absolute Gasteiger partial charge is 0.303 e. The molecule has 2 fully saturated rings. The van der Waals surface area contributed by atoms with Crippen molar-refractivity contribution in [1.82, 2.24) is 10.2 Å². The van der Waals surface area contributed by atoms with Crippen LogP contribution in [0.25, 0.3) is 11.1 Å². The van der Waals surface area contributed by atoms with E-state index in [2.05, 4.69) is 28.4 Å². The maximum atomic E-state index is 12.3. The van der Waals surface area contributed by atoms with Crippen molar-refractivity contribution in [1.29, 1.82) is 0 Å². The fourth-order valence-corrected chi connectivity index (χ4v) is 7.32. The van der Waals surface area contributed by atoms with Gasteiger partial charge in [0.2, 0.25) is 5.91 Å². The van der Waals surface area contributed by atoms with Crippen LogP contribution in [0.3, 0.4) is 0 Å². The minimum Gasteiger partial charge on any atom is -0.481 e. The van der Waals surface area contributed by atoms with Crippen LogP contribution in [0, 0.1) is 0 Å². The van der Waals surface area contributed by atoms with Crippen LogP contribution in [-0.4, -0.2) is 57.8 Å². The lowest BCUT2D eigenvalue weighted by molar-refractivity contribution is -0.253. The number of nitrogens with one attached hydrogen (secondary N) is 1. The molecule has 6 rings (SSSR count). The van der Waals surface area contributed by atoms with Crippen molar-refractivity contribution in [2.75, 3.05) is 19.6 Å². The van der Waals surface area contributed by atoms with E-state index in [1.807, 2.05) is 78.9 Å². The number of hydrogen-bond donors (Lipinski definition) is 4. The molecule has 4 aromatic rings. The zero-order valence-electron chi connectivity index (χ0n) is 30.0. The molecule has 2 aliphatic heterocycles. The van der Waals surface area contributed by atoms with E-state index in [0.29, 0.717) is 56.6 Å². The molecule has 0 saturated carbocycles. The molecule has 2 saturated heterocycles. The number of carbonyl (C=O) groups excluding carboxylic acids is 1. The van der Waals surface area contributed by atoms with Gasteiger partial charge in [0.05, 0.1) is 24.4 Å². The third-order valence-corrected chi connectivity index (χ3v) is 10.6. The number of ether oxygens (including phenoxy) is 2. The van der Waals surface area contributed by atoms with Crippen molar-refractivity contribution >= 4 is 23.5 Å². The van der Waals surface area contributed by atoms with Crippen LogP contribution in [0.2, 0.25) is 5.02 Å². The molecule has 9 nitrogen and oxygen atoms in total. The molecule has 10 heteroatoms. The first-order valence-corrected chi connectivity index (χ1v) is 18.9. The quantitative estimate of drug-likeness (QED) is 0.0915. The number of hydrogen-bond acceptors (Lipinski definition) is 7. The third-order valence-electron chi connectivity index (χ3n) is 10.4. The molecular weight excluding hydrogens is 692 g/mol. The van der Waals surface area contributed by atoms with Crippen molar-refractivity contribution < 1.29 is 34.4 Å². The molecule has 0 aliphatic carbocycles. The van der Waals surface area contributed by atoms with Crippen LogP contribution in [0.1, 0.15) is 91.6 Å². The molecule has 2 aliphatic rings. The molecule has 1 amide bonds. The van der Waals surface area contributed by atoms with Crippen molar-refractivity contribution in [3.63, 3.8) is 0 Å². The zero-order valence-corrected chi connectivity index (χ0v) is 30.7. The highest BCUT2D eigenvalue weighted by molar-refractivity contribution is 6.30. The van der Waals surface area contributed by atoms with Crippen molar-refractivity contribution in [3.05, 3.63) is 130 Å². The number of piperidine rings is 1. The largest absolute Gasteiger partial charge is 0.481 e. The van der Waals surface area contributed by atoms with Gasteiger partial charge < -0.3 is 35.0 Å². The fourth-order valence-electron chi connectivity index (χ4n) is 7.20. The lowest BCUT2D eigenvalue weighted by Crippen LogP contribution is -2.46. The minimum atomic E-state index is -0.877. The number of nitrogens with zero attached hydrogens (tertiary/aromatic N) is 1. The van der Waals surface area contributed by atoms with E-state index < -0.39 is 17.9 Å². The van der Waals surface area contributed by atoms with Crippen LogP contribution in [0.5, 0.6) is 0 Å². The third kappa shape index (κ3) is 10.8. The summed E-state index contributed by atoms with van der Waals surface area (Å²) in [6.07, 6.45) is 3.54. The van der Waals surface area contributed by atoms with Crippen LogP contribution in [0.15, 0.2) is 97.1 Å². The van der Waals surface area contributed by atoms with Crippen molar-refractivity contribution in [3.8, 4) is 11.1 Å². The molecule has 53 heavy (non-hydrogen) atoms. The Kier molecular flexibility index (Phi) is 13.3. The number of amides is 1. The summed E-state index contributed by atoms with van der Waals surface area (Å²) in [7, 11) is 0. The molecular formula is C43H49ClN2O7. The molecule has 4 N–H and O–H groups in total. The average Bonchev–Trinajstić information content (AvgIpc) is 3.18.